The molecule has 0 aliphatic carbocycles. The van der Waals surface area contributed by atoms with Crippen molar-refractivity contribution in [3.63, 3.8) is 0 Å². The molecule has 3 heterocycles. The van der Waals surface area contributed by atoms with E-state index in [2.05, 4.69) is 10.4 Å². The second-order valence-electron chi connectivity index (χ2n) is 6.23. The van der Waals surface area contributed by atoms with E-state index >= 15 is 0 Å². The lowest BCUT2D eigenvalue weighted by Gasteiger charge is -2.26. The van der Waals surface area contributed by atoms with Crippen LogP contribution in [0.2, 0.25) is 0 Å². The fraction of sp³-hybridized carbons (Fsp3) is 0.211. The van der Waals surface area contributed by atoms with E-state index in [4.69, 9.17) is 19.6 Å². The summed E-state index contributed by atoms with van der Waals surface area (Å²) in [5.41, 5.74) is 5.56. The van der Waals surface area contributed by atoms with Gasteiger partial charge in [-0.15, -0.1) is 0 Å². The molecule has 1 aliphatic rings. The highest BCUT2D eigenvalue weighted by Gasteiger charge is 2.21. The van der Waals surface area contributed by atoms with Gasteiger partial charge in [-0.1, -0.05) is 12.1 Å². The first-order chi connectivity index (χ1) is 13.6. The van der Waals surface area contributed by atoms with E-state index in [9.17, 15) is 9.59 Å². The minimum Gasteiger partial charge on any atom is -0.486 e. The van der Waals surface area contributed by atoms with E-state index in [1.54, 1.807) is 18.2 Å². The Hall–Kier alpha value is -3.75. The van der Waals surface area contributed by atoms with Crippen LogP contribution >= 0.6 is 0 Å². The number of nitrogens with two attached hydrogens (primary N) is 1. The Morgan fingerprint density at radius 1 is 1.25 bits per heavy atom. The lowest BCUT2D eigenvalue weighted by atomic mass is 10.2. The molecule has 3 N–H and O–H groups in total. The average molecular weight is 382 g/mol. The number of hydrogen-bond acceptors (Lipinski definition) is 7. The topological polar surface area (TPSA) is 122 Å². The van der Waals surface area contributed by atoms with Crippen LogP contribution in [0.4, 0.5) is 5.69 Å². The standard InChI is InChI=1S/C19H18N4O5/c20-13-8-14(15-6-3-7-26-15)22-23(19(13)25)10-18(24)21-9-12-11-27-16-4-1-2-5-17(16)28-12/h1-8,12H,9-11,20H2,(H,21,24)/t12-/m1/s1. The van der Waals surface area contributed by atoms with E-state index < -0.39 is 11.5 Å². The second kappa shape index (κ2) is 7.47. The van der Waals surface area contributed by atoms with E-state index in [0.717, 1.165) is 4.68 Å². The first-order valence-corrected chi connectivity index (χ1v) is 8.67. The number of nitrogens with zero attached hydrogens (tertiary/aromatic N) is 2. The molecule has 0 bridgehead atoms. The minimum atomic E-state index is -0.545. The summed E-state index contributed by atoms with van der Waals surface area (Å²) < 4.78 is 17.7. The quantitative estimate of drug-likeness (QED) is 0.676. The van der Waals surface area contributed by atoms with Crippen LogP contribution in [0.3, 0.4) is 0 Å². The van der Waals surface area contributed by atoms with Gasteiger partial charge < -0.3 is 24.9 Å². The van der Waals surface area contributed by atoms with Crippen LogP contribution < -0.4 is 26.1 Å². The summed E-state index contributed by atoms with van der Waals surface area (Å²) in [4.78, 5) is 24.5. The van der Waals surface area contributed by atoms with Gasteiger partial charge >= 0.3 is 0 Å². The Morgan fingerprint density at radius 3 is 2.86 bits per heavy atom. The summed E-state index contributed by atoms with van der Waals surface area (Å²) in [6, 6.07) is 12.1. The SMILES string of the molecule is Nc1cc(-c2ccco2)nn(CC(=O)NC[C@@H]2COc3ccccc3O2)c1=O. The zero-order chi connectivity index (χ0) is 19.5. The summed E-state index contributed by atoms with van der Waals surface area (Å²) >= 11 is 0. The molecule has 0 spiro atoms. The number of amides is 1. The lowest BCUT2D eigenvalue weighted by Crippen LogP contribution is -2.43. The Kier molecular flexibility index (Phi) is 4.71. The fourth-order valence-electron chi connectivity index (χ4n) is 2.80. The van der Waals surface area contributed by atoms with E-state index in [-0.39, 0.29) is 24.9 Å². The van der Waals surface area contributed by atoms with Crippen LogP contribution in [0.15, 0.2) is 57.9 Å². The van der Waals surface area contributed by atoms with Gasteiger partial charge in [-0.2, -0.15) is 5.10 Å². The molecule has 9 heteroatoms. The predicted molar refractivity (Wildman–Crippen MR) is 100.0 cm³/mol. The van der Waals surface area contributed by atoms with E-state index in [1.807, 2.05) is 18.2 Å². The first kappa shape index (κ1) is 17.7. The number of rotatable bonds is 5. The lowest BCUT2D eigenvalue weighted by molar-refractivity contribution is -0.122. The zero-order valence-corrected chi connectivity index (χ0v) is 14.8. The number of fused-ring (bicyclic) bond motifs is 1. The Labute approximate surface area is 159 Å². The third-order valence-electron chi connectivity index (χ3n) is 4.16. The molecular formula is C19H18N4O5. The number of hydrogen-bond donors (Lipinski definition) is 2. The number of carbonyl (C=O) groups is 1. The summed E-state index contributed by atoms with van der Waals surface area (Å²) in [5.74, 6) is 1.36. The Morgan fingerprint density at radius 2 is 2.07 bits per heavy atom. The van der Waals surface area contributed by atoms with Gasteiger partial charge in [0.15, 0.2) is 17.3 Å². The van der Waals surface area contributed by atoms with Crippen LogP contribution in [0.25, 0.3) is 11.5 Å². The largest absolute Gasteiger partial charge is 0.486 e. The van der Waals surface area contributed by atoms with Crippen molar-refractivity contribution in [2.75, 3.05) is 18.9 Å². The summed E-state index contributed by atoms with van der Waals surface area (Å²) in [5, 5.41) is 6.88. The van der Waals surface area contributed by atoms with Crippen LogP contribution in [-0.2, 0) is 11.3 Å². The van der Waals surface area contributed by atoms with Gasteiger partial charge in [0.1, 0.15) is 30.6 Å². The highest BCUT2D eigenvalue weighted by molar-refractivity contribution is 5.75. The van der Waals surface area contributed by atoms with Crippen molar-refractivity contribution in [1.82, 2.24) is 15.1 Å². The Bertz CT molecular complexity index is 1040. The molecule has 4 rings (SSSR count). The number of para-hydroxylation sites is 2. The number of carbonyl (C=O) groups excluding carboxylic acids is 1. The normalized spacial score (nSPS) is 15.2. The number of aromatic nitrogens is 2. The molecule has 0 saturated carbocycles. The van der Waals surface area contributed by atoms with Gasteiger partial charge in [0, 0.05) is 0 Å². The maximum Gasteiger partial charge on any atom is 0.290 e. The van der Waals surface area contributed by atoms with Crippen molar-refractivity contribution in [1.29, 1.82) is 0 Å². The number of ether oxygens (including phenoxy) is 2. The molecule has 9 nitrogen and oxygen atoms in total. The first-order valence-electron chi connectivity index (χ1n) is 8.67. The molecule has 28 heavy (non-hydrogen) atoms. The molecule has 0 unspecified atom stereocenters. The molecule has 1 atom stereocenters. The average Bonchev–Trinajstić information content (AvgIpc) is 3.24. The Balaban J connectivity index is 1.40. The van der Waals surface area contributed by atoms with Crippen molar-refractivity contribution in [3.8, 4) is 23.0 Å². The second-order valence-corrected chi connectivity index (χ2v) is 6.23. The molecule has 0 fully saturated rings. The third-order valence-corrected chi connectivity index (χ3v) is 4.16. The minimum absolute atomic E-state index is 0.0187. The molecule has 0 saturated heterocycles. The number of anilines is 1. The van der Waals surface area contributed by atoms with Crippen molar-refractivity contribution in [2.45, 2.75) is 12.6 Å². The molecule has 144 valence electrons. The smallest absolute Gasteiger partial charge is 0.290 e. The molecular weight excluding hydrogens is 364 g/mol. The monoisotopic (exact) mass is 382 g/mol. The highest BCUT2D eigenvalue weighted by Crippen LogP contribution is 2.30. The molecule has 1 aliphatic heterocycles. The van der Waals surface area contributed by atoms with E-state index in [1.165, 1.54) is 12.3 Å². The summed E-state index contributed by atoms with van der Waals surface area (Å²) in [6.45, 7) is 0.271. The van der Waals surface area contributed by atoms with Gasteiger partial charge in [0.05, 0.1) is 12.8 Å². The summed E-state index contributed by atoms with van der Waals surface area (Å²) in [7, 11) is 0. The summed E-state index contributed by atoms with van der Waals surface area (Å²) in [6.07, 6.45) is 1.16. The van der Waals surface area contributed by atoms with Crippen molar-refractivity contribution < 1.29 is 18.7 Å². The van der Waals surface area contributed by atoms with Crippen LogP contribution in [0.5, 0.6) is 11.5 Å². The zero-order valence-electron chi connectivity index (χ0n) is 14.8. The molecule has 1 amide bonds. The number of benzene rings is 1. The molecule has 3 aromatic rings. The van der Waals surface area contributed by atoms with Crippen molar-refractivity contribution in [2.24, 2.45) is 0 Å². The highest BCUT2D eigenvalue weighted by atomic mass is 16.6. The van der Waals surface area contributed by atoms with Gasteiger partial charge in [-0.05, 0) is 30.3 Å². The fourth-order valence-corrected chi connectivity index (χ4v) is 2.80. The van der Waals surface area contributed by atoms with Gasteiger partial charge in [-0.25, -0.2) is 4.68 Å². The maximum absolute atomic E-state index is 12.3. The van der Waals surface area contributed by atoms with E-state index in [0.29, 0.717) is 29.6 Å². The number of nitrogen functional groups attached to an aromatic ring is 1. The van der Waals surface area contributed by atoms with Gasteiger partial charge in [-0.3, -0.25) is 9.59 Å². The van der Waals surface area contributed by atoms with Crippen molar-refractivity contribution in [3.05, 3.63) is 59.1 Å². The van der Waals surface area contributed by atoms with Gasteiger partial charge in [0.2, 0.25) is 5.91 Å². The maximum atomic E-state index is 12.3. The predicted octanol–water partition coefficient (Wildman–Crippen LogP) is 1.04. The van der Waals surface area contributed by atoms with Crippen molar-refractivity contribution >= 4 is 11.6 Å². The number of furan rings is 1. The van der Waals surface area contributed by atoms with Gasteiger partial charge in [0.25, 0.3) is 5.56 Å². The van der Waals surface area contributed by atoms with Crippen LogP contribution in [0.1, 0.15) is 0 Å². The molecule has 2 aromatic heterocycles. The number of nitrogens with one attached hydrogen (secondary N) is 1. The third kappa shape index (κ3) is 3.68. The molecule has 0 radical (unpaired) electrons. The van der Waals surface area contributed by atoms with Crippen LogP contribution in [-0.4, -0.2) is 34.9 Å². The molecule has 1 aromatic carbocycles. The van der Waals surface area contributed by atoms with Crippen LogP contribution in [0, 0.1) is 0 Å².